The Labute approximate surface area is 110 Å². The molecule has 2 unspecified atom stereocenters. The molecular formula is C16H23NO. The first-order valence-electron chi connectivity index (χ1n) is 6.90. The molecule has 1 saturated heterocycles. The van der Waals surface area contributed by atoms with Crippen molar-refractivity contribution in [2.45, 2.75) is 46.1 Å². The highest BCUT2D eigenvalue weighted by Crippen LogP contribution is 2.32. The summed E-state index contributed by atoms with van der Waals surface area (Å²) in [6.07, 6.45) is 0.679. The van der Waals surface area contributed by atoms with Crippen LogP contribution in [0.25, 0.3) is 0 Å². The molecule has 0 spiro atoms. The molecule has 2 heteroatoms. The second-order valence-electron chi connectivity index (χ2n) is 5.65. The minimum absolute atomic E-state index is 0.138. The van der Waals surface area contributed by atoms with Crippen molar-refractivity contribution in [2.75, 3.05) is 11.4 Å². The normalized spacial score (nSPS) is 24.7. The molecule has 2 atom stereocenters. The molecule has 1 aromatic rings. The predicted molar refractivity (Wildman–Crippen MR) is 76.1 cm³/mol. The van der Waals surface area contributed by atoms with Crippen LogP contribution < -0.4 is 4.90 Å². The van der Waals surface area contributed by atoms with Gasteiger partial charge in [-0.3, -0.25) is 4.79 Å². The van der Waals surface area contributed by atoms with Crippen LogP contribution in [0.5, 0.6) is 0 Å². The van der Waals surface area contributed by atoms with Gasteiger partial charge in [0.2, 0.25) is 0 Å². The van der Waals surface area contributed by atoms with Crippen molar-refractivity contribution in [2.24, 2.45) is 5.92 Å². The quantitative estimate of drug-likeness (QED) is 0.793. The standard InChI is InChI=1S/C16H23NO/c1-11(2)14-7-5-6-8-15(14)17-10-9-16(18)12(3)13(17)4/h5-8,11-13H,9-10H2,1-4H3. The van der Waals surface area contributed by atoms with E-state index in [0.29, 0.717) is 24.2 Å². The maximum absolute atomic E-state index is 11.8. The van der Waals surface area contributed by atoms with Gasteiger partial charge in [0.1, 0.15) is 5.78 Å². The van der Waals surface area contributed by atoms with E-state index in [1.165, 1.54) is 11.3 Å². The van der Waals surface area contributed by atoms with Gasteiger partial charge in [0.25, 0.3) is 0 Å². The average molecular weight is 245 g/mol. The molecule has 0 saturated carbocycles. The van der Waals surface area contributed by atoms with Crippen LogP contribution in [0.3, 0.4) is 0 Å². The monoisotopic (exact) mass is 245 g/mol. The van der Waals surface area contributed by atoms with Crippen LogP contribution in [0, 0.1) is 5.92 Å². The zero-order valence-electron chi connectivity index (χ0n) is 11.8. The van der Waals surface area contributed by atoms with Gasteiger partial charge in [0, 0.05) is 30.6 Å². The van der Waals surface area contributed by atoms with E-state index in [9.17, 15) is 4.79 Å². The molecule has 1 aromatic carbocycles. The van der Waals surface area contributed by atoms with Crippen molar-refractivity contribution >= 4 is 11.5 Å². The van der Waals surface area contributed by atoms with Gasteiger partial charge in [0.05, 0.1) is 0 Å². The molecule has 0 bridgehead atoms. The molecule has 2 nitrogen and oxygen atoms in total. The number of hydrogen-bond acceptors (Lipinski definition) is 2. The summed E-state index contributed by atoms with van der Waals surface area (Å²) in [6.45, 7) is 9.52. The lowest BCUT2D eigenvalue weighted by molar-refractivity contribution is -0.123. The van der Waals surface area contributed by atoms with Crippen LogP contribution in [0.2, 0.25) is 0 Å². The number of carbonyl (C=O) groups excluding carboxylic acids is 1. The molecule has 1 fully saturated rings. The molecule has 2 rings (SSSR count). The lowest BCUT2D eigenvalue weighted by Gasteiger charge is -2.40. The molecule has 1 aliphatic rings. The summed E-state index contributed by atoms with van der Waals surface area (Å²) in [6, 6.07) is 8.88. The Morgan fingerprint density at radius 2 is 1.89 bits per heavy atom. The van der Waals surface area contributed by atoms with E-state index in [4.69, 9.17) is 0 Å². The third-order valence-corrected chi connectivity index (χ3v) is 4.19. The zero-order valence-corrected chi connectivity index (χ0v) is 11.8. The Balaban J connectivity index is 2.34. The van der Waals surface area contributed by atoms with Crippen molar-refractivity contribution in [3.05, 3.63) is 29.8 Å². The minimum atomic E-state index is 0.138. The number of ketones is 1. The van der Waals surface area contributed by atoms with Crippen molar-refractivity contribution in [3.63, 3.8) is 0 Å². The number of piperidine rings is 1. The van der Waals surface area contributed by atoms with E-state index in [-0.39, 0.29) is 5.92 Å². The Hall–Kier alpha value is -1.31. The fourth-order valence-electron chi connectivity index (χ4n) is 2.78. The van der Waals surface area contributed by atoms with Crippen LogP contribution in [0.1, 0.15) is 45.6 Å². The van der Waals surface area contributed by atoms with E-state index in [2.05, 4.69) is 56.9 Å². The highest BCUT2D eigenvalue weighted by atomic mass is 16.1. The second-order valence-corrected chi connectivity index (χ2v) is 5.65. The maximum Gasteiger partial charge on any atom is 0.139 e. The third kappa shape index (κ3) is 2.29. The van der Waals surface area contributed by atoms with E-state index in [0.717, 1.165) is 6.54 Å². The highest BCUT2D eigenvalue weighted by Gasteiger charge is 2.31. The van der Waals surface area contributed by atoms with Gasteiger partial charge < -0.3 is 4.90 Å². The van der Waals surface area contributed by atoms with Gasteiger partial charge in [0.15, 0.2) is 0 Å². The van der Waals surface area contributed by atoms with Gasteiger partial charge in [-0.1, -0.05) is 39.0 Å². The summed E-state index contributed by atoms with van der Waals surface area (Å²) in [7, 11) is 0. The number of anilines is 1. The Morgan fingerprint density at radius 3 is 2.56 bits per heavy atom. The lowest BCUT2D eigenvalue weighted by Crippen LogP contribution is -2.47. The number of benzene rings is 1. The van der Waals surface area contributed by atoms with E-state index in [1.807, 2.05) is 0 Å². The van der Waals surface area contributed by atoms with Crippen molar-refractivity contribution < 1.29 is 4.79 Å². The summed E-state index contributed by atoms with van der Waals surface area (Å²) in [5.74, 6) is 1.06. The van der Waals surface area contributed by atoms with Gasteiger partial charge in [-0.05, 0) is 24.5 Å². The van der Waals surface area contributed by atoms with E-state index >= 15 is 0 Å². The molecule has 0 N–H and O–H groups in total. The lowest BCUT2D eigenvalue weighted by atomic mass is 9.89. The number of nitrogens with zero attached hydrogens (tertiary/aromatic N) is 1. The van der Waals surface area contributed by atoms with Gasteiger partial charge >= 0.3 is 0 Å². The fraction of sp³-hybridized carbons (Fsp3) is 0.562. The molecular weight excluding hydrogens is 222 g/mol. The fourth-order valence-corrected chi connectivity index (χ4v) is 2.78. The maximum atomic E-state index is 11.8. The van der Waals surface area contributed by atoms with Crippen LogP contribution in [-0.4, -0.2) is 18.4 Å². The summed E-state index contributed by atoms with van der Waals surface area (Å²) in [4.78, 5) is 14.2. The molecule has 0 amide bonds. The van der Waals surface area contributed by atoms with E-state index < -0.39 is 0 Å². The molecule has 0 aliphatic carbocycles. The SMILES string of the molecule is CC(C)c1ccccc1N1CCC(=O)C(C)C1C. The molecule has 1 heterocycles. The first-order valence-corrected chi connectivity index (χ1v) is 6.90. The number of carbonyl (C=O) groups is 1. The number of hydrogen-bond donors (Lipinski definition) is 0. The Kier molecular flexibility index (Phi) is 3.74. The van der Waals surface area contributed by atoms with Crippen LogP contribution in [0.15, 0.2) is 24.3 Å². The first kappa shape index (κ1) is 13.1. The Morgan fingerprint density at radius 1 is 1.22 bits per heavy atom. The van der Waals surface area contributed by atoms with E-state index in [1.54, 1.807) is 0 Å². The van der Waals surface area contributed by atoms with Crippen LogP contribution in [0.4, 0.5) is 5.69 Å². The predicted octanol–water partition coefficient (Wildman–Crippen LogP) is 3.61. The van der Waals surface area contributed by atoms with Crippen LogP contribution >= 0.6 is 0 Å². The van der Waals surface area contributed by atoms with Gasteiger partial charge in [-0.25, -0.2) is 0 Å². The van der Waals surface area contributed by atoms with Crippen LogP contribution in [-0.2, 0) is 4.79 Å². The average Bonchev–Trinajstić information content (AvgIpc) is 2.36. The Bertz CT molecular complexity index is 438. The van der Waals surface area contributed by atoms with Crippen molar-refractivity contribution in [3.8, 4) is 0 Å². The molecule has 0 radical (unpaired) electrons. The van der Waals surface area contributed by atoms with Gasteiger partial charge in [-0.2, -0.15) is 0 Å². The van der Waals surface area contributed by atoms with Crippen molar-refractivity contribution in [1.82, 2.24) is 0 Å². The second kappa shape index (κ2) is 5.13. The van der Waals surface area contributed by atoms with Crippen molar-refractivity contribution in [1.29, 1.82) is 0 Å². The highest BCUT2D eigenvalue weighted by molar-refractivity contribution is 5.84. The third-order valence-electron chi connectivity index (χ3n) is 4.19. The first-order chi connectivity index (χ1) is 8.52. The summed E-state index contributed by atoms with van der Waals surface area (Å²) < 4.78 is 0. The minimum Gasteiger partial charge on any atom is -0.367 e. The van der Waals surface area contributed by atoms with Gasteiger partial charge in [-0.15, -0.1) is 0 Å². The summed E-state index contributed by atoms with van der Waals surface area (Å²) in [5, 5.41) is 0. The molecule has 0 aromatic heterocycles. The number of rotatable bonds is 2. The molecule has 18 heavy (non-hydrogen) atoms. The smallest absolute Gasteiger partial charge is 0.139 e. The summed E-state index contributed by atoms with van der Waals surface area (Å²) in [5.41, 5.74) is 2.69. The molecule has 98 valence electrons. The number of para-hydroxylation sites is 1. The summed E-state index contributed by atoms with van der Waals surface area (Å²) >= 11 is 0. The molecule has 1 aliphatic heterocycles. The zero-order chi connectivity index (χ0) is 13.3. The largest absolute Gasteiger partial charge is 0.367 e. The number of Topliss-reactive ketones (excluding diaryl/α,β-unsaturated/α-hetero) is 1. The topological polar surface area (TPSA) is 20.3 Å².